The van der Waals surface area contributed by atoms with E-state index in [0.29, 0.717) is 39.8 Å². The van der Waals surface area contributed by atoms with E-state index in [1.807, 2.05) is 6.08 Å². The summed E-state index contributed by atoms with van der Waals surface area (Å²) in [7, 11) is 3.06. The summed E-state index contributed by atoms with van der Waals surface area (Å²) in [5.41, 5.74) is 3.36. The minimum atomic E-state index is -1.59. The number of ether oxygens (including phenoxy) is 2. The minimum Gasteiger partial charge on any atom is -0.508 e. The SMILES string of the molecule is COc1ccc(C23C(=O)N(Nc4ccc(Cl)cc4Cl)C(=O)C2CC2C(=CCC4C(=O)N(C5CCCCC5)C(=O)C42)C3c2cc(OC)ccc2O)cc1. The third-order valence-electron chi connectivity index (χ3n) is 12.1. The molecule has 2 saturated carbocycles. The number of aromatic hydroxyl groups is 1. The van der Waals surface area contributed by atoms with Crippen molar-refractivity contribution in [3.8, 4) is 17.2 Å². The number of nitrogens with one attached hydrogen (secondary N) is 1. The van der Waals surface area contributed by atoms with Crippen molar-refractivity contribution in [2.45, 2.75) is 62.3 Å². The molecule has 3 aromatic carbocycles. The zero-order valence-electron chi connectivity index (χ0n) is 28.8. The van der Waals surface area contributed by atoms with E-state index in [1.54, 1.807) is 55.6 Å². The molecule has 3 aromatic rings. The van der Waals surface area contributed by atoms with Gasteiger partial charge < -0.3 is 14.6 Å². The molecule has 2 heterocycles. The second kappa shape index (κ2) is 13.1. The van der Waals surface area contributed by atoms with Crippen molar-refractivity contribution >= 4 is 52.5 Å². The fourth-order valence-corrected chi connectivity index (χ4v) is 10.3. The molecule has 6 unspecified atom stereocenters. The van der Waals surface area contributed by atoms with Crippen molar-refractivity contribution in [3.05, 3.63) is 93.5 Å². The second-order valence-electron chi connectivity index (χ2n) is 14.5. The number of fused-ring (bicyclic) bond motifs is 4. The molecular weight excluding hydrogens is 705 g/mol. The predicted molar refractivity (Wildman–Crippen MR) is 194 cm³/mol. The fourth-order valence-electron chi connectivity index (χ4n) is 9.80. The number of allylic oxidation sites excluding steroid dienone is 2. The van der Waals surface area contributed by atoms with Gasteiger partial charge >= 0.3 is 0 Å². The lowest BCUT2D eigenvalue weighted by atomic mass is 9.49. The molecule has 0 aromatic heterocycles. The Morgan fingerprint density at radius 1 is 0.827 bits per heavy atom. The van der Waals surface area contributed by atoms with Crippen LogP contribution in [0.3, 0.4) is 0 Å². The monoisotopic (exact) mass is 743 g/mol. The van der Waals surface area contributed by atoms with Gasteiger partial charge in [-0.1, -0.05) is 66.2 Å². The normalized spacial score (nSPS) is 28.7. The molecule has 3 aliphatic carbocycles. The minimum absolute atomic E-state index is 0.0915. The number of hydrazine groups is 1. The highest BCUT2D eigenvalue weighted by atomic mass is 35.5. The summed E-state index contributed by atoms with van der Waals surface area (Å²) in [5, 5.41) is 13.3. The molecule has 270 valence electrons. The van der Waals surface area contributed by atoms with Crippen molar-refractivity contribution in [3.63, 3.8) is 0 Å². The molecule has 0 radical (unpaired) electrons. The van der Waals surface area contributed by atoms with E-state index in [9.17, 15) is 19.5 Å². The van der Waals surface area contributed by atoms with Gasteiger partial charge in [0.25, 0.3) is 11.8 Å². The van der Waals surface area contributed by atoms with Crippen LogP contribution < -0.4 is 14.9 Å². The zero-order valence-corrected chi connectivity index (χ0v) is 30.3. The molecule has 12 heteroatoms. The van der Waals surface area contributed by atoms with Crippen LogP contribution in [0.2, 0.25) is 10.0 Å². The van der Waals surface area contributed by atoms with E-state index >= 15 is 4.79 Å². The van der Waals surface area contributed by atoms with Crippen LogP contribution in [-0.2, 0) is 24.6 Å². The number of methoxy groups -OCH3 is 2. The first-order valence-corrected chi connectivity index (χ1v) is 18.5. The van der Waals surface area contributed by atoms with Crippen LogP contribution in [0.15, 0.2) is 72.3 Å². The van der Waals surface area contributed by atoms with Crippen LogP contribution >= 0.6 is 23.2 Å². The van der Waals surface area contributed by atoms with Gasteiger partial charge in [0.05, 0.1) is 48.1 Å². The highest BCUT2D eigenvalue weighted by molar-refractivity contribution is 6.36. The number of nitrogens with zero attached hydrogens (tertiary/aromatic N) is 2. The molecule has 8 rings (SSSR count). The number of amides is 4. The topological polar surface area (TPSA) is 125 Å². The number of imide groups is 2. The van der Waals surface area contributed by atoms with E-state index in [-0.39, 0.29) is 35.0 Å². The van der Waals surface area contributed by atoms with Gasteiger partial charge in [-0.05, 0) is 85.7 Å². The van der Waals surface area contributed by atoms with Crippen LogP contribution in [0.25, 0.3) is 0 Å². The van der Waals surface area contributed by atoms with Gasteiger partial charge in [-0.2, -0.15) is 5.01 Å². The lowest BCUT2D eigenvalue weighted by Crippen LogP contribution is -2.53. The first-order chi connectivity index (χ1) is 25.1. The number of rotatable bonds is 7. The van der Waals surface area contributed by atoms with Crippen molar-refractivity contribution < 1.29 is 33.8 Å². The standard InChI is InChI=1S/C40H39Cl2N3O7/c1-51-24-11-8-21(9-12-24)40-30(37(48)45(39(40)50)43-32-16-10-22(41)18-31(32)42)20-28-26(35(40)29-19-25(52-2)13-17-33(29)46)14-15-27-34(28)38(49)44(36(27)47)23-6-4-3-5-7-23/h8-14,16-19,23,27-28,30,34-35,43,46H,3-7,15,20H2,1-2H3. The molecule has 0 spiro atoms. The van der Waals surface area contributed by atoms with Crippen molar-refractivity contribution in [2.75, 3.05) is 19.6 Å². The molecule has 4 fully saturated rings. The number of hydrogen-bond donors (Lipinski definition) is 2. The maximum absolute atomic E-state index is 15.4. The number of carbonyl (C=O) groups is 4. The average molecular weight is 745 g/mol. The van der Waals surface area contributed by atoms with Crippen LogP contribution in [0.4, 0.5) is 5.69 Å². The quantitative estimate of drug-likeness (QED) is 0.195. The molecule has 4 amide bonds. The Balaban J connectivity index is 1.33. The molecule has 2 saturated heterocycles. The molecule has 52 heavy (non-hydrogen) atoms. The van der Waals surface area contributed by atoms with Gasteiger partial charge in [0.15, 0.2) is 0 Å². The maximum atomic E-state index is 15.4. The smallest absolute Gasteiger partial charge is 0.260 e. The third-order valence-corrected chi connectivity index (χ3v) is 12.6. The summed E-state index contributed by atoms with van der Waals surface area (Å²) >= 11 is 12.7. The van der Waals surface area contributed by atoms with Crippen LogP contribution in [0, 0.1) is 23.7 Å². The molecule has 6 atom stereocenters. The summed E-state index contributed by atoms with van der Waals surface area (Å²) in [6.45, 7) is 0. The molecule has 0 bridgehead atoms. The first-order valence-electron chi connectivity index (χ1n) is 17.8. The summed E-state index contributed by atoms with van der Waals surface area (Å²) < 4.78 is 11.1. The van der Waals surface area contributed by atoms with Crippen molar-refractivity contribution in [1.29, 1.82) is 0 Å². The number of benzene rings is 3. The van der Waals surface area contributed by atoms with Crippen LogP contribution in [-0.4, -0.2) is 58.9 Å². The molecule has 10 nitrogen and oxygen atoms in total. The van der Waals surface area contributed by atoms with Crippen molar-refractivity contribution in [1.82, 2.24) is 9.91 Å². The molecule has 2 N–H and O–H groups in total. The van der Waals surface area contributed by atoms with E-state index < -0.39 is 46.8 Å². The number of hydrogen-bond acceptors (Lipinski definition) is 8. The van der Waals surface area contributed by atoms with Crippen LogP contribution in [0.5, 0.6) is 17.2 Å². The lowest BCUT2D eigenvalue weighted by molar-refractivity contribution is -0.144. The highest BCUT2D eigenvalue weighted by Gasteiger charge is 2.71. The van der Waals surface area contributed by atoms with Gasteiger partial charge in [-0.3, -0.25) is 29.5 Å². The Bertz CT molecular complexity index is 2010. The average Bonchev–Trinajstić information content (AvgIpc) is 3.54. The molecule has 2 aliphatic heterocycles. The van der Waals surface area contributed by atoms with Gasteiger partial charge in [0, 0.05) is 22.5 Å². The summed E-state index contributed by atoms with van der Waals surface area (Å²) in [4.78, 5) is 60.5. The number of likely N-dealkylation sites (tertiary alicyclic amines) is 1. The third kappa shape index (κ3) is 5.12. The molecule has 5 aliphatic rings. The van der Waals surface area contributed by atoms with E-state index in [2.05, 4.69) is 5.43 Å². The lowest BCUT2D eigenvalue weighted by Gasteiger charge is -2.50. The van der Waals surface area contributed by atoms with E-state index in [1.165, 1.54) is 24.1 Å². The van der Waals surface area contributed by atoms with Gasteiger partial charge in [-0.25, -0.2) is 0 Å². The van der Waals surface area contributed by atoms with Gasteiger partial charge in [0.2, 0.25) is 11.8 Å². The number of halogens is 2. The van der Waals surface area contributed by atoms with E-state index in [0.717, 1.165) is 42.7 Å². The summed E-state index contributed by atoms with van der Waals surface area (Å²) in [6, 6.07) is 16.4. The Kier molecular flexibility index (Phi) is 8.73. The Labute approximate surface area is 311 Å². The summed E-state index contributed by atoms with van der Waals surface area (Å²) in [5.74, 6) is -4.25. The second-order valence-corrected chi connectivity index (χ2v) is 15.3. The fraction of sp³-hybridized carbons (Fsp3) is 0.400. The number of phenolic OH excluding ortho intramolecular Hbond substituents is 1. The van der Waals surface area contributed by atoms with E-state index in [4.69, 9.17) is 32.7 Å². The Hall–Kier alpha value is -4.54. The van der Waals surface area contributed by atoms with Gasteiger partial charge in [-0.15, -0.1) is 0 Å². The van der Waals surface area contributed by atoms with Crippen molar-refractivity contribution in [2.24, 2.45) is 23.7 Å². The highest BCUT2D eigenvalue weighted by Crippen LogP contribution is 2.65. The number of anilines is 1. The first kappa shape index (κ1) is 34.5. The number of carbonyl (C=O) groups excluding carboxylic acids is 4. The molecular formula is C40H39Cl2N3O7. The number of phenols is 1. The zero-order chi connectivity index (χ0) is 36.5. The predicted octanol–water partition coefficient (Wildman–Crippen LogP) is 7.03. The maximum Gasteiger partial charge on any atom is 0.260 e. The van der Waals surface area contributed by atoms with Crippen LogP contribution in [0.1, 0.15) is 62.0 Å². The largest absolute Gasteiger partial charge is 0.508 e. The Morgan fingerprint density at radius 3 is 2.23 bits per heavy atom. The van der Waals surface area contributed by atoms with Gasteiger partial charge in [0.1, 0.15) is 17.2 Å². The summed E-state index contributed by atoms with van der Waals surface area (Å²) in [6.07, 6.45) is 7.00. The Morgan fingerprint density at radius 2 is 1.54 bits per heavy atom.